The monoisotopic (exact) mass is 443 g/mol. The van der Waals surface area contributed by atoms with Gasteiger partial charge in [0, 0.05) is 11.6 Å². The standard InChI is InChI=1S/C17H13ClF3N5O2S/c18-12-3-1-11(2-4-12)9-22-15(27)10-29-16-23-24-25-26(16)13-5-7-14(8-6-13)28-17(19,20)21/h1-8H,9-10H2,(H,22,27). The molecule has 1 amide bonds. The van der Waals surface area contributed by atoms with Crippen LogP contribution in [0.2, 0.25) is 5.02 Å². The van der Waals surface area contributed by atoms with Gasteiger partial charge in [-0.3, -0.25) is 4.79 Å². The summed E-state index contributed by atoms with van der Waals surface area (Å²) in [6.45, 7) is 0.349. The van der Waals surface area contributed by atoms with Crippen molar-refractivity contribution in [1.82, 2.24) is 25.5 Å². The minimum atomic E-state index is -4.77. The van der Waals surface area contributed by atoms with E-state index in [1.165, 1.54) is 16.8 Å². The number of nitrogens with zero attached hydrogens (tertiary/aromatic N) is 4. The van der Waals surface area contributed by atoms with E-state index in [0.717, 1.165) is 29.5 Å². The Kier molecular flexibility index (Phi) is 6.60. The molecule has 0 bridgehead atoms. The molecule has 12 heteroatoms. The van der Waals surface area contributed by atoms with Crippen molar-refractivity contribution in [2.75, 3.05) is 5.75 Å². The summed E-state index contributed by atoms with van der Waals surface area (Å²) in [7, 11) is 0. The molecule has 0 atom stereocenters. The smallest absolute Gasteiger partial charge is 0.406 e. The molecule has 0 unspecified atom stereocenters. The van der Waals surface area contributed by atoms with Crippen molar-refractivity contribution in [1.29, 1.82) is 0 Å². The predicted molar refractivity (Wildman–Crippen MR) is 99.9 cm³/mol. The average Bonchev–Trinajstić information content (AvgIpc) is 3.14. The SMILES string of the molecule is O=C(CSc1nnnn1-c1ccc(OC(F)(F)F)cc1)NCc1ccc(Cl)cc1. The van der Waals surface area contributed by atoms with Gasteiger partial charge in [0.25, 0.3) is 0 Å². The summed E-state index contributed by atoms with van der Waals surface area (Å²) < 4.78 is 41.9. The fourth-order valence-electron chi connectivity index (χ4n) is 2.20. The number of alkyl halides is 3. The van der Waals surface area contributed by atoms with Crippen molar-refractivity contribution in [3.8, 4) is 11.4 Å². The minimum Gasteiger partial charge on any atom is -0.406 e. The molecule has 0 fully saturated rings. The second kappa shape index (κ2) is 9.14. The van der Waals surface area contributed by atoms with E-state index in [1.54, 1.807) is 12.1 Å². The van der Waals surface area contributed by atoms with Gasteiger partial charge in [-0.05, 0) is 52.4 Å². The van der Waals surface area contributed by atoms with Crippen LogP contribution in [-0.2, 0) is 11.3 Å². The highest BCUT2D eigenvalue weighted by atomic mass is 35.5. The fourth-order valence-corrected chi connectivity index (χ4v) is 3.05. The van der Waals surface area contributed by atoms with Gasteiger partial charge in [-0.15, -0.1) is 18.3 Å². The molecule has 3 aromatic rings. The van der Waals surface area contributed by atoms with Crippen LogP contribution in [0.1, 0.15) is 5.56 Å². The Balaban J connectivity index is 1.56. The molecule has 0 saturated heterocycles. The number of hydrogen-bond donors (Lipinski definition) is 1. The van der Waals surface area contributed by atoms with Crippen LogP contribution in [-0.4, -0.2) is 38.2 Å². The third-order valence-corrected chi connectivity index (χ3v) is 4.66. The van der Waals surface area contributed by atoms with Crippen LogP contribution < -0.4 is 10.1 Å². The van der Waals surface area contributed by atoms with Gasteiger partial charge >= 0.3 is 6.36 Å². The van der Waals surface area contributed by atoms with E-state index >= 15 is 0 Å². The van der Waals surface area contributed by atoms with Crippen LogP contribution in [0.4, 0.5) is 13.2 Å². The lowest BCUT2D eigenvalue weighted by molar-refractivity contribution is -0.274. The maximum Gasteiger partial charge on any atom is 0.573 e. The number of benzene rings is 2. The molecule has 0 aliphatic heterocycles. The van der Waals surface area contributed by atoms with Gasteiger partial charge in [-0.2, -0.15) is 4.68 Å². The molecule has 29 heavy (non-hydrogen) atoms. The molecule has 3 rings (SSSR count). The van der Waals surface area contributed by atoms with Crippen molar-refractivity contribution in [3.63, 3.8) is 0 Å². The number of carbonyl (C=O) groups excluding carboxylic acids is 1. The number of rotatable bonds is 7. The van der Waals surface area contributed by atoms with E-state index in [0.29, 0.717) is 22.4 Å². The number of amides is 1. The molecule has 1 heterocycles. The number of hydrogen-bond acceptors (Lipinski definition) is 6. The van der Waals surface area contributed by atoms with Gasteiger partial charge in [0.1, 0.15) is 5.75 Å². The molecule has 0 aliphatic rings. The van der Waals surface area contributed by atoms with Crippen molar-refractivity contribution < 1.29 is 22.7 Å². The molecule has 152 valence electrons. The van der Waals surface area contributed by atoms with Crippen LogP contribution in [0.5, 0.6) is 5.75 Å². The normalized spacial score (nSPS) is 11.3. The zero-order chi connectivity index (χ0) is 20.9. The van der Waals surface area contributed by atoms with Crippen LogP contribution in [0, 0.1) is 0 Å². The van der Waals surface area contributed by atoms with E-state index in [-0.39, 0.29) is 17.4 Å². The maximum atomic E-state index is 12.2. The van der Waals surface area contributed by atoms with Gasteiger partial charge in [-0.25, -0.2) is 0 Å². The summed E-state index contributed by atoms with van der Waals surface area (Å²) in [6, 6.07) is 12.1. The van der Waals surface area contributed by atoms with Crippen molar-refractivity contribution in [2.45, 2.75) is 18.1 Å². The molecule has 1 N–H and O–H groups in total. The first-order valence-electron chi connectivity index (χ1n) is 8.09. The summed E-state index contributed by atoms with van der Waals surface area (Å²) >= 11 is 6.91. The van der Waals surface area contributed by atoms with Gasteiger partial charge in [0.05, 0.1) is 11.4 Å². The lowest BCUT2D eigenvalue weighted by atomic mass is 10.2. The van der Waals surface area contributed by atoms with Crippen molar-refractivity contribution in [2.24, 2.45) is 0 Å². The van der Waals surface area contributed by atoms with Crippen LogP contribution in [0.25, 0.3) is 5.69 Å². The zero-order valence-electron chi connectivity index (χ0n) is 14.6. The second-order valence-corrected chi connectivity index (χ2v) is 6.99. The predicted octanol–water partition coefficient (Wildman–Crippen LogP) is 3.62. The Morgan fingerprint density at radius 1 is 1.14 bits per heavy atom. The molecule has 7 nitrogen and oxygen atoms in total. The summed E-state index contributed by atoms with van der Waals surface area (Å²) in [5.74, 6) is -0.526. The fraction of sp³-hybridized carbons (Fsp3) is 0.176. The first-order chi connectivity index (χ1) is 13.8. The number of aromatic nitrogens is 4. The third kappa shape index (κ3) is 6.36. The highest BCUT2D eigenvalue weighted by molar-refractivity contribution is 7.99. The van der Waals surface area contributed by atoms with Crippen LogP contribution in [0.3, 0.4) is 0 Å². The van der Waals surface area contributed by atoms with E-state index in [1.807, 2.05) is 12.1 Å². The third-order valence-electron chi connectivity index (χ3n) is 3.49. The number of nitrogens with one attached hydrogen (secondary N) is 1. The van der Waals surface area contributed by atoms with Gasteiger partial charge in [0.2, 0.25) is 11.1 Å². The summed E-state index contributed by atoms with van der Waals surface area (Å²) in [5, 5.41) is 14.9. The van der Waals surface area contributed by atoms with E-state index in [2.05, 4.69) is 25.6 Å². The molecular weight excluding hydrogens is 431 g/mol. The number of tetrazole rings is 1. The van der Waals surface area contributed by atoms with E-state index in [4.69, 9.17) is 11.6 Å². The molecule has 0 saturated carbocycles. The number of thioether (sulfide) groups is 1. The lowest BCUT2D eigenvalue weighted by Crippen LogP contribution is -2.24. The minimum absolute atomic E-state index is 0.0588. The number of halogens is 4. The molecule has 0 radical (unpaired) electrons. The Morgan fingerprint density at radius 2 is 1.83 bits per heavy atom. The van der Waals surface area contributed by atoms with Gasteiger partial charge < -0.3 is 10.1 Å². The summed E-state index contributed by atoms with van der Waals surface area (Å²) in [4.78, 5) is 12.0. The quantitative estimate of drug-likeness (QED) is 0.562. The Bertz CT molecular complexity index is 964. The summed E-state index contributed by atoms with van der Waals surface area (Å²) in [5.41, 5.74) is 1.33. The Hall–Kier alpha value is -2.79. The van der Waals surface area contributed by atoms with E-state index < -0.39 is 6.36 Å². The van der Waals surface area contributed by atoms with E-state index in [9.17, 15) is 18.0 Å². The Labute approximate surface area is 172 Å². The summed E-state index contributed by atoms with van der Waals surface area (Å²) in [6.07, 6.45) is -4.77. The van der Waals surface area contributed by atoms with Crippen LogP contribution >= 0.6 is 23.4 Å². The molecular formula is C17H13ClF3N5O2S. The highest BCUT2D eigenvalue weighted by Gasteiger charge is 2.31. The van der Waals surface area contributed by atoms with Crippen LogP contribution in [0.15, 0.2) is 53.7 Å². The highest BCUT2D eigenvalue weighted by Crippen LogP contribution is 2.25. The Morgan fingerprint density at radius 3 is 2.48 bits per heavy atom. The average molecular weight is 444 g/mol. The largest absolute Gasteiger partial charge is 0.573 e. The molecule has 2 aromatic carbocycles. The van der Waals surface area contributed by atoms with Crippen molar-refractivity contribution >= 4 is 29.3 Å². The van der Waals surface area contributed by atoms with Crippen molar-refractivity contribution in [3.05, 3.63) is 59.1 Å². The molecule has 0 aliphatic carbocycles. The number of ether oxygens (including phenoxy) is 1. The van der Waals surface area contributed by atoms with Gasteiger partial charge in [-0.1, -0.05) is 35.5 Å². The maximum absolute atomic E-state index is 12.2. The number of carbonyl (C=O) groups is 1. The topological polar surface area (TPSA) is 81.9 Å². The lowest BCUT2D eigenvalue weighted by Gasteiger charge is -2.09. The second-order valence-electron chi connectivity index (χ2n) is 5.61. The van der Waals surface area contributed by atoms with Gasteiger partial charge in [0.15, 0.2) is 0 Å². The first kappa shape index (κ1) is 20.9. The first-order valence-corrected chi connectivity index (χ1v) is 9.45. The molecule has 0 spiro atoms. The molecule has 1 aromatic heterocycles. The zero-order valence-corrected chi connectivity index (χ0v) is 16.1.